The van der Waals surface area contributed by atoms with Crippen LogP contribution in [0.3, 0.4) is 0 Å². The van der Waals surface area contributed by atoms with Crippen LogP contribution in [0.1, 0.15) is 51.9 Å². The van der Waals surface area contributed by atoms with Crippen LogP contribution in [0.2, 0.25) is 0 Å². The highest BCUT2D eigenvalue weighted by molar-refractivity contribution is 5.85. The van der Waals surface area contributed by atoms with Gasteiger partial charge in [-0.2, -0.15) is 0 Å². The van der Waals surface area contributed by atoms with Crippen molar-refractivity contribution in [2.75, 3.05) is 32.7 Å². The Morgan fingerprint density at radius 1 is 1.16 bits per heavy atom. The van der Waals surface area contributed by atoms with E-state index in [1.165, 1.54) is 77.7 Å². The van der Waals surface area contributed by atoms with Gasteiger partial charge in [0.1, 0.15) is 0 Å². The normalized spacial score (nSPS) is 35.2. The van der Waals surface area contributed by atoms with E-state index in [0.717, 1.165) is 11.8 Å². The molecule has 2 aliphatic heterocycles. The number of rotatable bonds is 2. The molecule has 1 N–H and O–H groups in total. The Morgan fingerprint density at radius 3 is 2.68 bits per heavy atom. The summed E-state index contributed by atoms with van der Waals surface area (Å²) in [7, 11) is 0. The number of hydrogen-bond acceptors (Lipinski definition) is 2. The Labute approximate surface area is 125 Å². The van der Waals surface area contributed by atoms with Gasteiger partial charge < -0.3 is 10.2 Å². The lowest BCUT2D eigenvalue weighted by molar-refractivity contribution is 0.164. The van der Waals surface area contributed by atoms with Crippen molar-refractivity contribution in [2.24, 2.45) is 17.3 Å². The summed E-state index contributed by atoms with van der Waals surface area (Å²) in [5.74, 6) is 1.99. The van der Waals surface area contributed by atoms with Gasteiger partial charge in [-0.25, -0.2) is 0 Å². The molecule has 0 aromatic carbocycles. The van der Waals surface area contributed by atoms with Crippen molar-refractivity contribution in [3.05, 3.63) is 0 Å². The molecule has 0 aromatic rings. The number of nitrogens with one attached hydrogen (secondary N) is 1. The Morgan fingerprint density at radius 2 is 1.95 bits per heavy atom. The summed E-state index contributed by atoms with van der Waals surface area (Å²) < 4.78 is 0. The highest BCUT2D eigenvalue weighted by Gasteiger charge is 2.39. The number of nitrogens with zero attached hydrogens (tertiary/aromatic N) is 1. The van der Waals surface area contributed by atoms with E-state index < -0.39 is 0 Å². The van der Waals surface area contributed by atoms with Crippen molar-refractivity contribution in [2.45, 2.75) is 51.9 Å². The first-order chi connectivity index (χ1) is 8.76. The Bertz CT molecular complexity index is 276. The standard InChI is InChI=1S/C16H30N2.ClH/c1-14-3-2-4-15(11-14)12-18-10-7-16(13-18)5-8-17-9-6-16;/h14-15,17H,2-13H2,1H3;1H. The van der Waals surface area contributed by atoms with Gasteiger partial charge in [-0.05, 0) is 69.0 Å². The van der Waals surface area contributed by atoms with E-state index in [-0.39, 0.29) is 12.4 Å². The summed E-state index contributed by atoms with van der Waals surface area (Å²) >= 11 is 0. The number of likely N-dealkylation sites (tertiary alicyclic amines) is 1. The second kappa shape index (κ2) is 6.78. The zero-order valence-electron chi connectivity index (χ0n) is 12.5. The molecule has 0 aromatic heterocycles. The van der Waals surface area contributed by atoms with E-state index in [2.05, 4.69) is 17.1 Å². The smallest absolute Gasteiger partial charge is 0.00395 e. The van der Waals surface area contributed by atoms with E-state index in [1.807, 2.05) is 0 Å². The highest BCUT2D eigenvalue weighted by Crippen LogP contribution is 2.39. The molecule has 0 radical (unpaired) electrons. The number of piperidine rings is 1. The summed E-state index contributed by atoms with van der Waals surface area (Å²) in [5, 5.41) is 3.52. The van der Waals surface area contributed by atoms with Gasteiger partial charge in [-0.1, -0.05) is 19.8 Å². The maximum atomic E-state index is 3.52. The predicted octanol–water partition coefficient (Wildman–Crippen LogP) is 3.31. The lowest BCUT2D eigenvalue weighted by atomic mass is 9.78. The van der Waals surface area contributed by atoms with Gasteiger partial charge in [0, 0.05) is 13.1 Å². The number of hydrogen-bond donors (Lipinski definition) is 1. The fourth-order valence-electron chi connectivity index (χ4n) is 4.64. The molecule has 3 heteroatoms. The zero-order valence-corrected chi connectivity index (χ0v) is 13.3. The first kappa shape index (κ1) is 15.6. The van der Waals surface area contributed by atoms with Crippen LogP contribution < -0.4 is 5.32 Å². The Kier molecular flexibility index (Phi) is 5.56. The summed E-state index contributed by atoms with van der Waals surface area (Å²) in [5.41, 5.74) is 0.700. The van der Waals surface area contributed by atoms with Crippen LogP contribution in [0.4, 0.5) is 0 Å². The van der Waals surface area contributed by atoms with E-state index in [1.54, 1.807) is 0 Å². The number of halogens is 1. The predicted molar refractivity (Wildman–Crippen MR) is 84.0 cm³/mol. The van der Waals surface area contributed by atoms with Crippen molar-refractivity contribution < 1.29 is 0 Å². The Balaban J connectivity index is 0.00000133. The average Bonchev–Trinajstić information content (AvgIpc) is 2.73. The molecule has 112 valence electrons. The molecule has 0 amide bonds. The summed E-state index contributed by atoms with van der Waals surface area (Å²) in [6, 6.07) is 0. The second-order valence-corrected chi connectivity index (χ2v) is 7.37. The average molecular weight is 287 g/mol. The molecular weight excluding hydrogens is 256 g/mol. The quantitative estimate of drug-likeness (QED) is 0.838. The van der Waals surface area contributed by atoms with Crippen LogP contribution in [-0.4, -0.2) is 37.6 Å². The van der Waals surface area contributed by atoms with E-state index in [4.69, 9.17) is 0 Å². The van der Waals surface area contributed by atoms with Crippen LogP contribution in [0.25, 0.3) is 0 Å². The third-order valence-electron chi connectivity index (χ3n) is 5.74. The molecule has 1 aliphatic carbocycles. The van der Waals surface area contributed by atoms with Gasteiger partial charge in [0.2, 0.25) is 0 Å². The minimum Gasteiger partial charge on any atom is -0.317 e. The molecule has 2 heterocycles. The molecule has 1 spiro atoms. The minimum absolute atomic E-state index is 0. The SMILES string of the molecule is CC1CCCC(CN2CCC3(CCNCC3)C2)C1.Cl. The molecule has 2 nitrogen and oxygen atoms in total. The van der Waals surface area contributed by atoms with Crippen LogP contribution in [0, 0.1) is 17.3 Å². The van der Waals surface area contributed by atoms with E-state index in [9.17, 15) is 0 Å². The van der Waals surface area contributed by atoms with E-state index in [0.29, 0.717) is 5.41 Å². The topological polar surface area (TPSA) is 15.3 Å². The molecule has 19 heavy (non-hydrogen) atoms. The Hall–Kier alpha value is 0.210. The molecular formula is C16H31ClN2. The molecule has 3 aliphatic rings. The first-order valence-electron chi connectivity index (χ1n) is 8.19. The van der Waals surface area contributed by atoms with Crippen molar-refractivity contribution in [3.8, 4) is 0 Å². The molecule has 1 saturated carbocycles. The fourth-order valence-corrected chi connectivity index (χ4v) is 4.64. The van der Waals surface area contributed by atoms with E-state index >= 15 is 0 Å². The zero-order chi connectivity index (χ0) is 12.4. The van der Waals surface area contributed by atoms with Crippen molar-refractivity contribution in [3.63, 3.8) is 0 Å². The first-order valence-corrected chi connectivity index (χ1v) is 8.19. The van der Waals surface area contributed by atoms with Gasteiger partial charge in [0.25, 0.3) is 0 Å². The molecule has 2 atom stereocenters. The minimum atomic E-state index is 0. The van der Waals surface area contributed by atoms with Gasteiger partial charge in [0.05, 0.1) is 0 Å². The molecule has 3 rings (SSSR count). The summed E-state index contributed by atoms with van der Waals surface area (Å²) in [6.45, 7) is 9.15. The largest absolute Gasteiger partial charge is 0.317 e. The van der Waals surface area contributed by atoms with Crippen molar-refractivity contribution >= 4 is 12.4 Å². The summed E-state index contributed by atoms with van der Waals surface area (Å²) in [4.78, 5) is 2.80. The fraction of sp³-hybridized carbons (Fsp3) is 1.00. The van der Waals surface area contributed by atoms with Gasteiger partial charge in [-0.15, -0.1) is 12.4 Å². The third kappa shape index (κ3) is 3.86. The van der Waals surface area contributed by atoms with Crippen LogP contribution in [-0.2, 0) is 0 Å². The molecule has 0 bridgehead atoms. The van der Waals surface area contributed by atoms with Gasteiger partial charge in [0.15, 0.2) is 0 Å². The third-order valence-corrected chi connectivity index (χ3v) is 5.74. The maximum absolute atomic E-state index is 3.52. The van der Waals surface area contributed by atoms with Crippen LogP contribution in [0.15, 0.2) is 0 Å². The van der Waals surface area contributed by atoms with Crippen LogP contribution in [0.5, 0.6) is 0 Å². The highest BCUT2D eigenvalue weighted by atomic mass is 35.5. The lowest BCUT2D eigenvalue weighted by Gasteiger charge is -2.35. The van der Waals surface area contributed by atoms with Crippen molar-refractivity contribution in [1.82, 2.24) is 10.2 Å². The molecule has 3 fully saturated rings. The van der Waals surface area contributed by atoms with Crippen molar-refractivity contribution in [1.29, 1.82) is 0 Å². The van der Waals surface area contributed by atoms with Crippen LogP contribution >= 0.6 is 12.4 Å². The lowest BCUT2D eigenvalue weighted by Crippen LogP contribution is -2.39. The molecule has 2 saturated heterocycles. The van der Waals surface area contributed by atoms with Gasteiger partial charge in [-0.3, -0.25) is 0 Å². The van der Waals surface area contributed by atoms with Gasteiger partial charge >= 0.3 is 0 Å². The monoisotopic (exact) mass is 286 g/mol. The summed E-state index contributed by atoms with van der Waals surface area (Å²) in [6.07, 6.45) is 10.3. The maximum Gasteiger partial charge on any atom is 0.00395 e. The molecule has 2 unspecified atom stereocenters. The second-order valence-electron chi connectivity index (χ2n) is 7.37.